The van der Waals surface area contributed by atoms with Gasteiger partial charge in [-0.2, -0.15) is 8.42 Å². The molecule has 0 aliphatic carbocycles. The Morgan fingerprint density at radius 1 is 1.62 bits per heavy atom. The number of nitrogens with zero attached hydrogens (tertiary/aromatic N) is 3. The molecule has 0 bridgehead atoms. The molecular formula is C6H10FN3O2S. The predicted octanol–water partition coefficient (Wildman–Crippen LogP) is 0.658. The van der Waals surface area contributed by atoms with E-state index in [4.69, 9.17) is 0 Å². The number of aromatic nitrogens is 3. The molecule has 1 aromatic heterocycles. The fourth-order valence-corrected chi connectivity index (χ4v) is 1.29. The largest absolute Gasteiger partial charge is 0.308 e. The molecule has 74 valence electrons. The van der Waals surface area contributed by atoms with E-state index in [9.17, 15) is 12.3 Å². The van der Waals surface area contributed by atoms with Gasteiger partial charge < -0.3 is 0 Å². The van der Waals surface area contributed by atoms with Crippen LogP contribution in [0, 0.1) is 0 Å². The third kappa shape index (κ3) is 3.10. The molecule has 1 heterocycles. The summed E-state index contributed by atoms with van der Waals surface area (Å²) in [7, 11) is -4.51. The Morgan fingerprint density at radius 3 is 2.62 bits per heavy atom. The summed E-state index contributed by atoms with van der Waals surface area (Å²) in [6.45, 7) is 3.73. The average molecular weight is 207 g/mol. The molecule has 5 nitrogen and oxygen atoms in total. The second kappa shape index (κ2) is 3.41. The smallest absolute Gasteiger partial charge is 0.250 e. The molecule has 0 aromatic carbocycles. The molecule has 13 heavy (non-hydrogen) atoms. The van der Waals surface area contributed by atoms with Crippen LogP contribution in [0.15, 0.2) is 6.20 Å². The molecule has 0 aliphatic rings. The third-order valence-electron chi connectivity index (χ3n) is 1.41. The van der Waals surface area contributed by atoms with E-state index in [2.05, 4.69) is 10.3 Å². The first-order chi connectivity index (χ1) is 5.88. The molecule has 0 amide bonds. The van der Waals surface area contributed by atoms with Crippen LogP contribution in [-0.4, -0.2) is 23.4 Å². The van der Waals surface area contributed by atoms with Crippen molar-refractivity contribution in [2.75, 3.05) is 0 Å². The van der Waals surface area contributed by atoms with Gasteiger partial charge in [-0.15, -0.1) is 8.98 Å². The summed E-state index contributed by atoms with van der Waals surface area (Å²) in [5, 5.41) is 7.15. The summed E-state index contributed by atoms with van der Waals surface area (Å²) < 4.78 is 34.1. The zero-order valence-corrected chi connectivity index (χ0v) is 8.12. The van der Waals surface area contributed by atoms with E-state index in [1.807, 2.05) is 13.8 Å². The Labute approximate surface area is 75.8 Å². The first-order valence-electron chi connectivity index (χ1n) is 3.71. The van der Waals surface area contributed by atoms with Gasteiger partial charge in [-0.1, -0.05) is 5.21 Å². The Bertz CT molecular complexity index is 384. The molecule has 1 rings (SSSR count). The summed E-state index contributed by atoms with van der Waals surface area (Å²) >= 11 is 0. The fraction of sp³-hybridized carbons (Fsp3) is 0.667. The Balaban J connectivity index is 2.81. The summed E-state index contributed by atoms with van der Waals surface area (Å²) in [5.41, 5.74) is 0.121. The van der Waals surface area contributed by atoms with Gasteiger partial charge in [0.05, 0.1) is 0 Å². The maximum absolute atomic E-state index is 12.2. The number of halogens is 1. The summed E-state index contributed by atoms with van der Waals surface area (Å²) in [6.07, 6.45) is 1.42. The van der Waals surface area contributed by atoms with Crippen LogP contribution in [0.4, 0.5) is 3.89 Å². The Morgan fingerprint density at radius 2 is 2.23 bits per heavy atom. The zero-order chi connectivity index (χ0) is 10.1. The van der Waals surface area contributed by atoms with E-state index >= 15 is 0 Å². The van der Waals surface area contributed by atoms with Crippen molar-refractivity contribution in [2.24, 2.45) is 0 Å². The predicted molar refractivity (Wildman–Crippen MR) is 44.1 cm³/mol. The lowest BCUT2D eigenvalue weighted by Crippen LogP contribution is -2.00. The molecule has 0 aliphatic heterocycles. The third-order valence-corrected chi connectivity index (χ3v) is 2.05. The highest BCUT2D eigenvalue weighted by molar-refractivity contribution is 7.85. The molecule has 0 fully saturated rings. The van der Waals surface area contributed by atoms with Crippen molar-refractivity contribution in [3.05, 3.63) is 11.9 Å². The minimum Gasteiger partial charge on any atom is -0.250 e. The maximum atomic E-state index is 12.2. The van der Waals surface area contributed by atoms with Crippen LogP contribution in [0.1, 0.15) is 25.6 Å². The Hall–Kier alpha value is -0.980. The second-order valence-corrected chi connectivity index (χ2v) is 4.33. The first-order valence-corrected chi connectivity index (χ1v) is 5.27. The topological polar surface area (TPSA) is 64.8 Å². The Kier molecular flexibility index (Phi) is 2.65. The fourth-order valence-electron chi connectivity index (χ4n) is 0.809. The molecule has 0 unspecified atom stereocenters. The maximum Gasteiger partial charge on any atom is 0.308 e. The highest BCUT2D eigenvalue weighted by atomic mass is 32.3. The van der Waals surface area contributed by atoms with Gasteiger partial charge in [0.25, 0.3) is 0 Å². The lowest BCUT2D eigenvalue weighted by atomic mass is 10.4. The van der Waals surface area contributed by atoms with Crippen molar-refractivity contribution in [3.63, 3.8) is 0 Å². The summed E-state index contributed by atoms with van der Waals surface area (Å²) in [6, 6.07) is 0.0866. The molecule has 0 saturated heterocycles. The van der Waals surface area contributed by atoms with Crippen molar-refractivity contribution in [1.82, 2.24) is 15.0 Å². The normalized spacial score (nSPS) is 12.3. The van der Waals surface area contributed by atoms with Crippen LogP contribution in [0.5, 0.6) is 0 Å². The second-order valence-electron chi connectivity index (χ2n) is 2.97. The molecule has 0 saturated carbocycles. The standard InChI is InChI=1S/C6H10FN3O2S/c1-5(2)10-3-6(8-9-10)4-13(7,11)12/h3,5H,4H2,1-2H3. The van der Waals surface area contributed by atoms with E-state index < -0.39 is 16.0 Å². The molecule has 1 aromatic rings. The highest BCUT2D eigenvalue weighted by Crippen LogP contribution is 2.06. The molecular weight excluding hydrogens is 197 g/mol. The van der Waals surface area contributed by atoms with Crippen LogP contribution in [0.3, 0.4) is 0 Å². The lowest BCUT2D eigenvalue weighted by molar-refractivity contribution is 0.514. The minimum atomic E-state index is -4.51. The zero-order valence-electron chi connectivity index (χ0n) is 7.31. The van der Waals surface area contributed by atoms with E-state index in [1.54, 1.807) is 0 Å². The molecule has 0 atom stereocenters. The van der Waals surface area contributed by atoms with Crippen molar-refractivity contribution in [3.8, 4) is 0 Å². The molecule has 0 radical (unpaired) electrons. The lowest BCUT2D eigenvalue weighted by Gasteiger charge is -2.00. The van der Waals surface area contributed by atoms with Gasteiger partial charge in [0.15, 0.2) is 0 Å². The van der Waals surface area contributed by atoms with Crippen LogP contribution >= 0.6 is 0 Å². The number of hydrogen-bond acceptors (Lipinski definition) is 4. The number of rotatable bonds is 3. The van der Waals surface area contributed by atoms with E-state index in [0.717, 1.165) is 0 Å². The molecule has 0 N–H and O–H groups in total. The van der Waals surface area contributed by atoms with Crippen LogP contribution < -0.4 is 0 Å². The van der Waals surface area contributed by atoms with E-state index in [1.165, 1.54) is 10.9 Å². The van der Waals surface area contributed by atoms with Crippen molar-refractivity contribution in [1.29, 1.82) is 0 Å². The van der Waals surface area contributed by atoms with Gasteiger partial charge in [0.2, 0.25) is 0 Å². The first kappa shape index (κ1) is 10.1. The van der Waals surface area contributed by atoms with Crippen molar-refractivity contribution >= 4 is 10.2 Å². The van der Waals surface area contributed by atoms with E-state index in [-0.39, 0.29) is 11.7 Å². The van der Waals surface area contributed by atoms with Gasteiger partial charge >= 0.3 is 10.2 Å². The number of hydrogen-bond donors (Lipinski definition) is 0. The molecule has 0 spiro atoms. The summed E-state index contributed by atoms with van der Waals surface area (Å²) in [4.78, 5) is 0. The molecule has 7 heteroatoms. The summed E-state index contributed by atoms with van der Waals surface area (Å²) in [5.74, 6) is -0.709. The minimum absolute atomic E-state index is 0.0866. The van der Waals surface area contributed by atoms with Crippen LogP contribution in [0.2, 0.25) is 0 Å². The van der Waals surface area contributed by atoms with Gasteiger partial charge in [-0.25, -0.2) is 4.68 Å². The monoisotopic (exact) mass is 207 g/mol. The highest BCUT2D eigenvalue weighted by Gasteiger charge is 2.12. The van der Waals surface area contributed by atoms with Gasteiger partial charge in [-0.05, 0) is 13.8 Å². The SMILES string of the molecule is CC(C)n1cc(CS(=O)(=O)F)nn1. The quantitative estimate of drug-likeness (QED) is 0.683. The van der Waals surface area contributed by atoms with Gasteiger partial charge in [0, 0.05) is 12.2 Å². The average Bonchev–Trinajstić information content (AvgIpc) is 2.31. The van der Waals surface area contributed by atoms with Crippen molar-refractivity contribution in [2.45, 2.75) is 25.6 Å². The van der Waals surface area contributed by atoms with Gasteiger partial charge in [0.1, 0.15) is 11.4 Å². The van der Waals surface area contributed by atoms with Crippen LogP contribution in [0.25, 0.3) is 0 Å². The van der Waals surface area contributed by atoms with Gasteiger partial charge in [-0.3, -0.25) is 0 Å². The van der Waals surface area contributed by atoms with E-state index in [0.29, 0.717) is 0 Å². The van der Waals surface area contributed by atoms with Crippen LogP contribution in [-0.2, 0) is 16.0 Å². The van der Waals surface area contributed by atoms with Crippen molar-refractivity contribution < 1.29 is 12.3 Å².